The van der Waals surface area contributed by atoms with Gasteiger partial charge in [0.15, 0.2) is 5.82 Å². The van der Waals surface area contributed by atoms with Crippen LogP contribution in [0.3, 0.4) is 0 Å². The standard InChI is InChI=1S/C16H19FN4O2S/c1-11-20-14(7-24-11)6-23-10-16-8-21(4-12(16)5-22-9-16)15-18-2-13(17)3-19-15/h2-3,7,12H,4-6,8-10H2,1H3/t12-,16+/m0/s1. The van der Waals surface area contributed by atoms with E-state index in [4.69, 9.17) is 9.47 Å². The summed E-state index contributed by atoms with van der Waals surface area (Å²) in [5.41, 5.74) is 0.920. The van der Waals surface area contributed by atoms with Gasteiger partial charge in [0.25, 0.3) is 0 Å². The van der Waals surface area contributed by atoms with Crippen molar-refractivity contribution in [1.29, 1.82) is 0 Å². The number of ether oxygens (including phenoxy) is 2. The molecule has 2 saturated heterocycles. The van der Waals surface area contributed by atoms with Crippen LogP contribution in [0.2, 0.25) is 0 Å². The fraction of sp³-hybridized carbons (Fsp3) is 0.562. The molecule has 0 amide bonds. The zero-order valence-electron chi connectivity index (χ0n) is 13.4. The van der Waals surface area contributed by atoms with E-state index in [-0.39, 0.29) is 5.41 Å². The molecule has 4 rings (SSSR count). The molecule has 0 unspecified atom stereocenters. The van der Waals surface area contributed by atoms with Crippen LogP contribution in [0.5, 0.6) is 0 Å². The molecule has 2 aromatic rings. The molecule has 0 spiro atoms. The lowest BCUT2D eigenvalue weighted by Crippen LogP contribution is -2.36. The SMILES string of the molecule is Cc1nc(COC[C@@]23COC[C@@H]2CN(c2ncc(F)cn2)C3)cs1. The molecule has 2 aliphatic rings. The van der Waals surface area contributed by atoms with Gasteiger partial charge in [-0.1, -0.05) is 0 Å². The second-order valence-corrected chi connectivity index (χ2v) is 7.57. The highest BCUT2D eigenvalue weighted by molar-refractivity contribution is 7.09. The Morgan fingerprint density at radius 2 is 2.29 bits per heavy atom. The van der Waals surface area contributed by atoms with E-state index in [0.717, 1.165) is 30.4 Å². The van der Waals surface area contributed by atoms with Crippen LogP contribution in [0.15, 0.2) is 17.8 Å². The van der Waals surface area contributed by atoms with Crippen molar-refractivity contribution < 1.29 is 13.9 Å². The molecule has 0 aliphatic carbocycles. The van der Waals surface area contributed by atoms with Gasteiger partial charge in [0, 0.05) is 29.8 Å². The van der Waals surface area contributed by atoms with Crippen molar-refractivity contribution in [2.24, 2.45) is 11.3 Å². The van der Waals surface area contributed by atoms with Crippen LogP contribution in [0.4, 0.5) is 10.3 Å². The minimum atomic E-state index is -0.418. The summed E-state index contributed by atoms with van der Waals surface area (Å²) in [6.45, 7) is 6.09. The Hall–Kier alpha value is -1.64. The van der Waals surface area contributed by atoms with Crippen molar-refractivity contribution >= 4 is 17.3 Å². The van der Waals surface area contributed by atoms with Gasteiger partial charge in [0.1, 0.15) is 0 Å². The smallest absolute Gasteiger partial charge is 0.225 e. The van der Waals surface area contributed by atoms with Gasteiger partial charge in [0.05, 0.1) is 49.5 Å². The van der Waals surface area contributed by atoms with E-state index in [1.54, 1.807) is 11.3 Å². The maximum atomic E-state index is 13.0. The molecule has 2 aromatic heterocycles. The summed E-state index contributed by atoms with van der Waals surface area (Å²) in [4.78, 5) is 14.7. The topological polar surface area (TPSA) is 60.4 Å². The van der Waals surface area contributed by atoms with E-state index >= 15 is 0 Å². The summed E-state index contributed by atoms with van der Waals surface area (Å²) < 4.78 is 24.7. The molecular weight excluding hydrogens is 331 g/mol. The largest absolute Gasteiger partial charge is 0.380 e. The van der Waals surface area contributed by atoms with Gasteiger partial charge in [-0.05, 0) is 6.92 Å². The van der Waals surface area contributed by atoms with E-state index < -0.39 is 5.82 Å². The normalized spacial score (nSPS) is 26.1. The number of anilines is 1. The van der Waals surface area contributed by atoms with Crippen LogP contribution in [0, 0.1) is 24.1 Å². The maximum absolute atomic E-state index is 13.0. The highest BCUT2D eigenvalue weighted by Crippen LogP contribution is 2.42. The third-order valence-electron chi connectivity index (χ3n) is 4.72. The van der Waals surface area contributed by atoms with E-state index in [0.29, 0.717) is 31.7 Å². The van der Waals surface area contributed by atoms with Crippen LogP contribution >= 0.6 is 11.3 Å². The number of fused-ring (bicyclic) bond motifs is 1. The number of thiazole rings is 1. The summed E-state index contributed by atoms with van der Waals surface area (Å²) in [6.07, 6.45) is 2.42. The molecule has 128 valence electrons. The number of halogens is 1. The molecule has 0 aromatic carbocycles. The van der Waals surface area contributed by atoms with Crippen molar-refractivity contribution in [3.05, 3.63) is 34.3 Å². The van der Waals surface area contributed by atoms with Crippen LogP contribution < -0.4 is 4.90 Å². The third kappa shape index (κ3) is 3.01. The number of aromatic nitrogens is 3. The lowest BCUT2D eigenvalue weighted by Gasteiger charge is -2.26. The predicted molar refractivity (Wildman–Crippen MR) is 87.5 cm³/mol. The average Bonchev–Trinajstić information content (AvgIpc) is 3.22. The Bertz CT molecular complexity index is 710. The molecular formula is C16H19FN4O2S. The number of hydrogen-bond acceptors (Lipinski definition) is 7. The molecule has 2 aliphatic heterocycles. The summed E-state index contributed by atoms with van der Waals surface area (Å²) in [5, 5.41) is 3.08. The molecule has 2 atom stereocenters. The lowest BCUT2D eigenvalue weighted by atomic mass is 9.82. The fourth-order valence-corrected chi connectivity index (χ4v) is 4.09. The van der Waals surface area contributed by atoms with Crippen LogP contribution in [0.1, 0.15) is 10.7 Å². The zero-order valence-corrected chi connectivity index (χ0v) is 14.3. The lowest BCUT2D eigenvalue weighted by molar-refractivity contribution is 0.0252. The van der Waals surface area contributed by atoms with Gasteiger partial charge in [0.2, 0.25) is 5.95 Å². The van der Waals surface area contributed by atoms with Crippen molar-refractivity contribution in [1.82, 2.24) is 15.0 Å². The van der Waals surface area contributed by atoms with Crippen LogP contribution in [-0.2, 0) is 16.1 Å². The van der Waals surface area contributed by atoms with Gasteiger partial charge < -0.3 is 14.4 Å². The summed E-state index contributed by atoms with van der Waals surface area (Å²) >= 11 is 1.63. The second kappa shape index (κ2) is 6.34. The highest BCUT2D eigenvalue weighted by atomic mass is 32.1. The van der Waals surface area contributed by atoms with E-state index in [1.807, 2.05) is 12.3 Å². The first kappa shape index (κ1) is 15.9. The zero-order chi connectivity index (χ0) is 16.6. The van der Waals surface area contributed by atoms with Gasteiger partial charge in [-0.25, -0.2) is 19.3 Å². The van der Waals surface area contributed by atoms with Gasteiger partial charge in [-0.2, -0.15) is 0 Å². The third-order valence-corrected chi connectivity index (χ3v) is 5.54. The molecule has 4 heterocycles. The summed E-state index contributed by atoms with van der Waals surface area (Å²) in [7, 11) is 0. The number of aryl methyl sites for hydroxylation is 1. The van der Waals surface area contributed by atoms with Crippen molar-refractivity contribution in [3.63, 3.8) is 0 Å². The minimum absolute atomic E-state index is 0.0528. The van der Waals surface area contributed by atoms with Crippen molar-refractivity contribution in [2.45, 2.75) is 13.5 Å². The molecule has 2 fully saturated rings. The Morgan fingerprint density at radius 3 is 3.04 bits per heavy atom. The quantitative estimate of drug-likeness (QED) is 0.823. The summed E-state index contributed by atoms with van der Waals surface area (Å²) in [5.74, 6) is 0.529. The molecule has 8 heteroatoms. The molecule has 0 N–H and O–H groups in total. The Balaban J connectivity index is 1.41. The van der Waals surface area contributed by atoms with Crippen LogP contribution in [-0.4, -0.2) is 47.9 Å². The average molecular weight is 350 g/mol. The molecule has 24 heavy (non-hydrogen) atoms. The maximum Gasteiger partial charge on any atom is 0.225 e. The van der Waals surface area contributed by atoms with Gasteiger partial charge in [-0.3, -0.25) is 0 Å². The predicted octanol–water partition coefficient (Wildman–Crippen LogP) is 2.05. The second-order valence-electron chi connectivity index (χ2n) is 6.51. The number of hydrogen-bond donors (Lipinski definition) is 0. The van der Waals surface area contributed by atoms with Gasteiger partial charge in [-0.15, -0.1) is 11.3 Å². The Morgan fingerprint density at radius 1 is 1.46 bits per heavy atom. The molecule has 0 bridgehead atoms. The number of nitrogens with zero attached hydrogens (tertiary/aromatic N) is 4. The summed E-state index contributed by atoms with van der Waals surface area (Å²) in [6, 6.07) is 0. The van der Waals surface area contributed by atoms with E-state index in [2.05, 4.69) is 19.9 Å². The first-order valence-corrected chi connectivity index (χ1v) is 8.82. The van der Waals surface area contributed by atoms with Crippen molar-refractivity contribution in [2.75, 3.05) is 37.8 Å². The first-order chi connectivity index (χ1) is 11.6. The monoisotopic (exact) mass is 350 g/mol. The van der Waals surface area contributed by atoms with E-state index in [9.17, 15) is 4.39 Å². The van der Waals surface area contributed by atoms with Crippen molar-refractivity contribution in [3.8, 4) is 0 Å². The van der Waals surface area contributed by atoms with Gasteiger partial charge >= 0.3 is 0 Å². The first-order valence-electron chi connectivity index (χ1n) is 7.94. The van der Waals surface area contributed by atoms with Crippen LogP contribution in [0.25, 0.3) is 0 Å². The Labute approximate surface area is 143 Å². The molecule has 0 radical (unpaired) electrons. The Kier molecular flexibility index (Phi) is 4.19. The fourth-order valence-electron chi connectivity index (χ4n) is 3.49. The molecule has 6 nitrogen and oxygen atoms in total. The molecule has 0 saturated carbocycles. The van der Waals surface area contributed by atoms with E-state index in [1.165, 1.54) is 12.4 Å². The number of rotatable bonds is 5. The highest BCUT2D eigenvalue weighted by Gasteiger charge is 2.51. The minimum Gasteiger partial charge on any atom is -0.380 e.